The van der Waals surface area contributed by atoms with Crippen molar-refractivity contribution >= 4 is 28.9 Å². The highest BCUT2D eigenvalue weighted by Crippen LogP contribution is 2.30. The summed E-state index contributed by atoms with van der Waals surface area (Å²) < 4.78 is 5.00. The summed E-state index contributed by atoms with van der Waals surface area (Å²) in [5.74, 6) is -0.383. The molecule has 0 amide bonds. The fourth-order valence-electron chi connectivity index (χ4n) is 2.04. The molecule has 0 radical (unpaired) electrons. The van der Waals surface area contributed by atoms with Crippen molar-refractivity contribution in [2.75, 3.05) is 6.61 Å². The molecule has 2 atom stereocenters. The minimum absolute atomic E-state index is 0.0887. The van der Waals surface area contributed by atoms with Crippen LogP contribution in [0.3, 0.4) is 0 Å². The molecule has 0 aliphatic rings. The molecule has 2 unspecified atom stereocenters. The van der Waals surface area contributed by atoms with Gasteiger partial charge in [-0.25, -0.2) is 15.0 Å². The van der Waals surface area contributed by atoms with Crippen LogP contribution in [-0.4, -0.2) is 43.3 Å². The number of hydrogen-bond acceptors (Lipinski definition) is 7. The highest BCUT2D eigenvalue weighted by Gasteiger charge is 2.32. The van der Waals surface area contributed by atoms with Gasteiger partial charge in [-0.1, -0.05) is 6.92 Å². The molecule has 114 valence electrons. The molecule has 2 rings (SSSR count). The summed E-state index contributed by atoms with van der Waals surface area (Å²) in [5.41, 5.74) is 6.46. The van der Waals surface area contributed by atoms with Crippen molar-refractivity contribution in [2.24, 2.45) is 5.73 Å². The van der Waals surface area contributed by atoms with Crippen LogP contribution in [0.5, 0.6) is 0 Å². The van der Waals surface area contributed by atoms with Crippen molar-refractivity contribution in [2.45, 2.75) is 43.0 Å². The number of ether oxygens (including phenoxy) is 1. The third kappa shape index (κ3) is 3.70. The molecule has 2 heterocycles. The van der Waals surface area contributed by atoms with E-state index in [9.17, 15) is 4.79 Å². The fraction of sp³-hybridized carbons (Fsp3) is 0.538. The van der Waals surface area contributed by atoms with Gasteiger partial charge in [0.05, 0.1) is 12.9 Å². The summed E-state index contributed by atoms with van der Waals surface area (Å²) in [5, 5.41) is 0.885. The number of imidazole rings is 1. The fourth-order valence-corrected chi connectivity index (χ4v) is 3.23. The quantitative estimate of drug-likeness (QED) is 0.473. The van der Waals surface area contributed by atoms with E-state index >= 15 is 0 Å². The van der Waals surface area contributed by atoms with Gasteiger partial charge < -0.3 is 15.5 Å². The first-order valence-corrected chi connectivity index (χ1v) is 7.59. The van der Waals surface area contributed by atoms with Crippen LogP contribution in [0.2, 0.25) is 0 Å². The second-order valence-corrected chi connectivity index (χ2v) is 6.48. The molecule has 21 heavy (non-hydrogen) atoms. The van der Waals surface area contributed by atoms with Gasteiger partial charge in [0.2, 0.25) is 0 Å². The number of esters is 1. The lowest BCUT2D eigenvalue weighted by Gasteiger charge is -2.25. The van der Waals surface area contributed by atoms with Gasteiger partial charge in [-0.15, -0.1) is 11.8 Å². The van der Waals surface area contributed by atoms with Gasteiger partial charge in [0, 0.05) is 5.25 Å². The Balaban J connectivity index is 2.06. The van der Waals surface area contributed by atoms with Crippen LogP contribution in [0.1, 0.15) is 27.2 Å². The number of aromatic amines is 1. The molecular weight excluding hydrogens is 290 g/mol. The van der Waals surface area contributed by atoms with Crippen LogP contribution in [0.4, 0.5) is 0 Å². The van der Waals surface area contributed by atoms with Gasteiger partial charge in [-0.3, -0.25) is 4.79 Å². The summed E-state index contributed by atoms with van der Waals surface area (Å²) in [7, 11) is 0. The number of aromatic nitrogens is 4. The van der Waals surface area contributed by atoms with Crippen LogP contribution in [0.15, 0.2) is 17.7 Å². The minimum Gasteiger partial charge on any atom is -0.465 e. The van der Waals surface area contributed by atoms with Crippen molar-refractivity contribution in [3.05, 3.63) is 12.7 Å². The van der Waals surface area contributed by atoms with E-state index in [0.29, 0.717) is 18.7 Å². The molecule has 0 bridgehead atoms. The number of nitrogens with two attached hydrogens (primary N) is 1. The maximum absolute atomic E-state index is 11.8. The molecule has 7 nitrogen and oxygen atoms in total. The average molecular weight is 309 g/mol. The number of thioether (sulfide) groups is 1. The molecule has 0 saturated heterocycles. The van der Waals surface area contributed by atoms with Crippen LogP contribution in [0.25, 0.3) is 11.2 Å². The number of hydrogen-bond donors (Lipinski definition) is 2. The normalized spacial score (nSPS) is 15.6. The smallest absolute Gasteiger partial charge is 0.325 e. The van der Waals surface area contributed by atoms with E-state index in [-0.39, 0.29) is 11.2 Å². The lowest BCUT2D eigenvalue weighted by molar-refractivity contribution is -0.149. The van der Waals surface area contributed by atoms with Crippen molar-refractivity contribution in [3.63, 3.8) is 0 Å². The van der Waals surface area contributed by atoms with Crippen LogP contribution < -0.4 is 5.73 Å². The number of nitrogens with one attached hydrogen (secondary N) is 1. The molecule has 0 aliphatic carbocycles. The Labute approximate surface area is 127 Å². The predicted molar refractivity (Wildman–Crippen MR) is 80.8 cm³/mol. The summed E-state index contributed by atoms with van der Waals surface area (Å²) in [6, 6.07) is 0. The van der Waals surface area contributed by atoms with Gasteiger partial charge >= 0.3 is 5.97 Å². The van der Waals surface area contributed by atoms with Crippen LogP contribution in [0, 0.1) is 0 Å². The van der Waals surface area contributed by atoms with E-state index in [1.165, 1.54) is 18.1 Å². The van der Waals surface area contributed by atoms with Gasteiger partial charge in [0.25, 0.3) is 0 Å². The zero-order valence-corrected chi connectivity index (χ0v) is 13.1. The number of carbonyl (C=O) groups is 1. The molecule has 3 N–H and O–H groups in total. The number of fused-ring (bicyclic) bond motifs is 1. The Morgan fingerprint density at radius 3 is 3.00 bits per heavy atom. The topological polar surface area (TPSA) is 107 Å². The molecule has 0 spiro atoms. The Morgan fingerprint density at radius 1 is 1.52 bits per heavy atom. The zero-order valence-electron chi connectivity index (χ0n) is 12.3. The highest BCUT2D eigenvalue weighted by molar-refractivity contribution is 8.00. The van der Waals surface area contributed by atoms with E-state index in [1.807, 2.05) is 6.92 Å². The monoisotopic (exact) mass is 309 g/mol. The Kier molecular flexibility index (Phi) is 4.79. The van der Waals surface area contributed by atoms with Crippen molar-refractivity contribution in [1.82, 2.24) is 19.9 Å². The third-order valence-electron chi connectivity index (χ3n) is 2.95. The molecular formula is C13H19N5O2S. The number of rotatable bonds is 6. The molecule has 2 aromatic rings. The zero-order chi connectivity index (χ0) is 15.5. The first-order chi connectivity index (χ1) is 9.94. The Bertz CT molecular complexity index is 628. The first kappa shape index (κ1) is 15.7. The molecule has 0 saturated carbocycles. The summed E-state index contributed by atoms with van der Waals surface area (Å²) >= 11 is 1.53. The lowest BCUT2D eigenvalue weighted by atomic mass is 9.98. The summed E-state index contributed by atoms with van der Waals surface area (Å²) in [6.07, 6.45) is 3.54. The van der Waals surface area contributed by atoms with Gasteiger partial charge in [-0.05, 0) is 20.3 Å². The van der Waals surface area contributed by atoms with E-state index in [2.05, 4.69) is 19.9 Å². The van der Waals surface area contributed by atoms with Crippen LogP contribution in [-0.2, 0) is 9.53 Å². The van der Waals surface area contributed by atoms with E-state index in [1.54, 1.807) is 20.2 Å². The molecule has 0 aliphatic heterocycles. The summed E-state index contributed by atoms with van der Waals surface area (Å²) in [4.78, 5) is 27.3. The van der Waals surface area contributed by atoms with E-state index < -0.39 is 5.54 Å². The molecule has 8 heteroatoms. The number of nitrogens with zero attached hydrogens (tertiary/aromatic N) is 3. The van der Waals surface area contributed by atoms with Crippen molar-refractivity contribution in [3.8, 4) is 0 Å². The summed E-state index contributed by atoms with van der Waals surface area (Å²) in [6.45, 7) is 5.78. The highest BCUT2D eigenvalue weighted by atomic mass is 32.2. The Hall–Kier alpha value is -1.67. The van der Waals surface area contributed by atoms with Gasteiger partial charge in [0.1, 0.15) is 22.4 Å². The van der Waals surface area contributed by atoms with Crippen molar-refractivity contribution in [1.29, 1.82) is 0 Å². The largest absolute Gasteiger partial charge is 0.465 e. The molecule has 0 aromatic carbocycles. The van der Waals surface area contributed by atoms with Gasteiger partial charge in [-0.2, -0.15) is 0 Å². The Morgan fingerprint density at radius 2 is 2.29 bits per heavy atom. The second kappa shape index (κ2) is 6.40. The first-order valence-electron chi connectivity index (χ1n) is 6.71. The maximum Gasteiger partial charge on any atom is 0.325 e. The standard InChI is InChI=1S/C13H19N5O2S/c1-4-20-12(19)13(3,14)5-8(2)21-11-9-10(16-6-15-9)17-7-18-11/h6-8H,4-5,14H2,1-3H3,(H,15,16,17,18). The predicted octanol–water partition coefficient (Wildman–Crippen LogP) is 1.50. The van der Waals surface area contributed by atoms with E-state index in [4.69, 9.17) is 10.5 Å². The number of H-pyrrole nitrogens is 1. The van der Waals surface area contributed by atoms with Crippen molar-refractivity contribution < 1.29 is 9.53 Å². The average Bonchev–Trinajstić information content (AvgIpc) is 2.87. The maximum atomic E-state index is 11.8. The number of carbonyl (C=O) groups excluding carboxylic acids is 1. The molecule has 2 aromatic heterocycles. The third-order valence-corrected chi connectivity index (χ3v) is 4.06. The molecule has 0 fully saturated rings. The van der Waals surface area contributed by atoms with Gasteiger partial charge in [0.15, 0.2) is 5.65 Å². The lowest BCUT2D eigenvalue weighted by Crippen LogP contribution is -2.47. The minimum atomic E-state index is -1.01. The van der Waals surface area contributed by atoms with Crippen LogP contribution >= 0.6 is 11.8 Å². The second-order valence-electron chi connectivity index (χ2n) is 5.05. The van der Waals surface area contributed by atoms with E-state index in [0.717, 1.165) is 10.5 Å². The SMILES string of the molecule is CCOC(=O)C(C)(N)CC(C)Sc1ncnc2nc[nH]c12.